The molecule has 0 aromatic carbocycles. The van der Waals surface area contributed by atoms with Crippen molar-refractivity contribution in [1.82, 2.24) is 25.5 Å². The van der Waals surface area contributed by atoms with Gasteiger partial charge in [-0.1, -0.05) is 6.92 Å². The summed E-state index contributed by atoms with van der Waals surface area (Å²) in [5.74, 6) is 0.878. The van der Waals surface area contributed by atoms with Gasteiger partial charge in [-0.2, -0.15) is 0 Å². The summed E-state index contributed by atoms with van der Waals surface area (Å²) in [6.45, 7) is 4.57. The Labute approximate surface area is 112 Å². The second kappa shape index (κ2) is 6.23. The van der Waals surface area contributed by atoms with Crippen molar-refractivity contribution in [2.75, 3.05) is 6.54 Å². The highest BCUT2D eigenvalue weighted by atomic mass is 79.9. The molecule has 7 heteroatoms. The third-order valence-corrected chi connectivity index (χ3v) is 3.86. The monoisotopic (exact) mass is 315 g/mol. The summed E-state index contributed by atoms with van der Waals surface area (Å²) in [6.07, 6.45) is 1.11. The number of aromatic nitrogens is 4. The van der Waals surface area contributed by atoms with Crippen molar-refractivity contribution in [3.8, 4) is 0 Å². The molecule has 0 aliphatic rings. The van der Waals surface area contributed by atoms with Crippen LogP contribution >= 0.6 is 27.3 Å². The first-order valence-corrected chi connectivity index (χ1v) is 7.10. The van der Waals surface area contributed by atoms with Crippen molar-refractivity contribution in [2.45, 2.75) is 26.4 Å². The van der Waals surface area contributed by atoms with Crippen LogP contribution in [0.2, 0.25) is 0 Å². The maximum atomic E-state index is 4.02. The topological polar surface area (TPSA) is 55.6 Å². The number of halogens is 1. The lowest BCUT2D eigenvalue weighted by atomic mass is 10.4. The van der Waals surface area contributed by atoms with E-state index >= 15 is 0 Å². The minimum atomic E-state index is 0.716. The van der Waals surface area contributed by atoms with Gasteiger partial charge in [0.1, 0.15) is 0 Å². The van der Waals surface area contributed by atoms with E-state index in [1.807, 2.05) is 10.7 Å². The fourth-order valence-electron chi connectivity index (χ4n) is 1.43. The van der Waals surface area contributed by atoms with Crippen molar-refractivity contribution >= 4 is 27.3 Å². The zero-order chi connectivity index (χ0) is 12.1. The smallest absolute Gasteiger partial charge is 0.165 e. The number of hydrogen-bond acceptors (Lipinski definition) is 5. The molecular weight excluding hydrogens is 302 g/mol. The number of nitrogens with one attached hydrogen (secondary N) is 1. The van der Waals surface area contributed by atoms with E-state index in [9.17, 15) is 0 Å². The van der Waals surface area contributed by atoms with Gasteiger partial charge >= 0.3 is 0 Å². The van der Waals surface area contributed by atoms with Gasteiger partial charge in [-0.15, -0.1) is 16.4 Å². The summed E-state index contributed by atoms with van der Waals surface area (Å²) in [4.78, 5) is 1.24. The number of tetrazole rings is 1. The molecule has 2 aromatic rings. The third-order valence-electron chi connectivity index (χ3n) is 2.25. The first-order valence-electron chi connectivity index (χ1n) is 5.49. The summed E-state index contributed by atoms with van der Waals surface area (Å²) in [5, 5.41) is 15.0. The van der Waals surface area contributed by atoms with E-state index < -0.39 is 0 Å². The van der Waals surface area contributed by atoms with Gasteiger partial charge in [0.25, 0.3) is 0 Å². The van der Waals surface area contributed by atoms with Crippen LogP contribution in [0.25, 0.3) is 0 Å². The molecule has 2 rings (SSSR count). The minimum absolute atomic E-state index is 0.716. The van der Waals surface area contributed by atoms with E-state index in [0.29, 0.717) is 6.54 Å². The highest BCUT2D eigenvalue weighted by Crippen LogP contribution is 2.22. The minimum Gasteiger partial charge on any atom is -0.310 e. The Morgan fingerprint density at radius 2 is 2.35 bits per heavy atom. The maximum Gasteiger partial charge on any atom is 0.165 e. The van der Waals surface area contributed by atoms with E-state index in [-0.39, 0.29) is 0 Å². The molecule has 0 unspecified atom stereocenters. The van der Waals surface area contributed by atoms with E-state index in [1.165, 1.54) is 4.88 Å². The summed E-state index contributed by atoms with van der Waals surface area (Å²) >= 11 is 5.15. The predicted octanol–water partition coefficient (Wildman–Crippen LogP) is 2.04. The van der Waals surface area contributed by atoms with Crippen molar-refractivity contribution < 1.29 is 0 Å². The molecule has 2 heterocycles. The largest absolute Gasteiger partial charge is 0.310 e. The van der Waals surface area contributed by atoms with Crippen LogP contribution in [0.3, 0.4) is 0 Å². The molecule has 17 heavy (non-hydrogen) atoms. The highest BCUT2D eigenvalue weighted by Gasteiger charge is 2.07. The molecule has 0 aliphatic heterocycles. The Bertz CT molecular complexity index is 467. The molecule has 92 valence electrons. The van der Waals surface area contributed by atoms with Gasteiger partial charge in [0.2, 0.25) is 0 Å². The average molecular weight is 316 g/mol. The van der Waals surface area contributed by atoms with Crippen LogP contribution in [0.5, 0.6) is 0 Å². The van der Waals surface area contributed by atoms with Crippen molar-refractivity contribution in [2.24, 2.45) is 0 Å². The average Bonchev–Trinajstić information content (AvgIpc) is 2.90. The number of hydrogen-bond donors (Lipinski definition) is 1. The SMILES string of the molecule is CCCNCc1nnnn1Cc1ccc(Br)s1. The molecule has 0 amide bonds. The van der Waals surface area contributed by atoms with Crippen LogP contribution in [0, 0.1) is 0 Å². The van der Waals surface area contributed by atoms with Crippen LogP contribution in [-0.2, 0) is 13.1 Å². The lowest BCUT2D eigenvalue weighted by Crippen LogP contribution is -2.18. The Kier molecular flexibility index (Phi) is 4.64. The summed E-state index contributed by atoms with van der Waals surface area (Å²) in [6, 6.07) is 4.12. The van der Waals surface area contributed by atoms with Crippen molar-refractivity contribution in [3.05, 3.63) is 26.6 Å². The van der Waals surface area contributed by atoms with Crippen LogP contribution < -0.4 is 5.32 Å². The zero-order valence-electron chi connectivity index (χ0n) is 9.56. The summed E-state index contributed by atoms with van der Waals surface area (Å²) in [7, 11) is 0. The maximum absolute atomic E-state index is 4.02. The molecule has 0 saturated heterocycles. The number of rotatable bonds is 6. The van der Waals surface area contributed by atoms with Gasteiger partial charge < -0.3 is 5.32 Å². The molecule has 0 saturated carbocycles. The van der Waals surface area contributed by atoms with Gasteiger partial charge in [-0.3, -0.25) is 0 Å². The lowest BCUT2D eigenvalue weighted by Gasteiger charge is -2.03. The number of nitrogens with zero attached hydrogens (tertiary/aromatic N) is 4. The number of thiophene rings is 1. The molecule has 5 nitrogen and oxygen atoms in total. The fraction of sp³-hybridized carbons (Fsp3) is 0.500. The molecule has 0 fully saturated rings. The van der Waals surface area contributed by atoms with E-state index in [0.717, 1.165) is 29.1 Å². The fourth-order valence-corrected chi connectivity index (χ4v) is 2.90. The highest BCUT2D eigenvalue weighted by molar-refractivity contribution is 9.11. The third kappa shape index (κ3) is 3.58. The summed E-state index contributed by atoms with van der Waals surface area (Å²) < 4.78 is 2.97. The molecule has 0 bridgehead atoms. The van der Waals surface area contributed by atoms with Gasteiger partial charge in [-0.25, -0.2) is 4.68 Å². The van der Waals surface area contributed by atoms with Gasteiger partial charge in [0, 0.05) is 4.88 Å². The van der Waals surface area contributed by atoms with Crippen LogP contribution in [0.1, 0.15) is 24.0 Å². The van der Waals surface area contributed by atoms with E-state index in [2.05, 4.69) is 49.8 Å². The van der Waals surface area contributed by atoms with E-state index in [1.54, 1.807) is 11.3 Å². The van der Waals surface area contributed by atoms with Crippen LogP contribution in [0.15, 0.2) is 15.9 Å². The molecule has 1 N–H and O–H groups in total. The lowest BCUT2D eigenvalue weighted by molar-refractivity contribution is 0.580. The van der Waals surface area contributed by atoms with Gasteiger partial charge in [0.05, 0.1) is 16.9 Å². The second-order valence-corrected chi connectivity index (χ2v) is 6.18. The molecule has 0 radical (unpaired) electrons. The predicted molar refractivity (Wildman–Crippen MR) is 70.9 cm³/mol. The Hall–Kier alpha value is -0.790. The second-order valence-electron chi connectivity index (χ2n) is 3.64. The molecule has 2 aromatic heterocycles. The molecule has 0 spiro atoms. The Balaban J connectivity index is 1.98. The Morgan fingerprint density at radius 1 is 1.47 bits per heavy atom. The first kappa shape index (κ1) is 12.7. The summed E-state index contributed by atoms with van der Waals surface area (Å²) in [5.41, 5.74) is 0. The van der Waals surface area contributed by atoms with E-state index in [4.69, 9.17) is 0 Å². The van der Waals surface area contributed by atoms with Crippen molar-refractivity contribution in [1.29, 1.82) is 0 Å². The Morgan fingerprint density at radius 3 is 3.06 bits per heavy atom. The molecule has 0 atom stereocenters. The standard InChI is InChI=1S/C10H14BrN5S/c1-2-5-12-6-10-13-14-15-16(10)7-8-3-4-9(11)17-8/h3-4,12H,2,5-7H2,1H3. The zero-order valence-corrected chi connectivity index (χ0v) is 12.0. The van der Waals surface area contributed by atoms with Crippen molar-refractivity contribution in [3.63, 3.8) is 0 Å². The van der Waals surface area contributed by atoms with Gasteiger partial charge in [-0.05, 0) is 51.5 Å². The molecule has 0 aliphatic carbocycles. The normalized spacial score (nSPS) is 10.9. The first-order chi connectivity index (χ1) is 8.29. The van der Waals surface area contributed by atoms with Gasteiger partial charge in [0.15, 0.2) is 5.82 Å². The quantitative estimate of drug-likeness (QED) is 0.829. The van der Waals surface area contributed by atoms with Crippen LogP contribution in [-0.4, -0.2) is 26.8 Å². The van der Waals surface area contributed by atoms with Crippen LogP contribution in [0.4, 0.5) is 0 Å². The molecular formula is C10H14BrN5S.